The van der Waals surface area contributed by atoms with Crippen molar-refractivity contribution in [1.82, 2.24) is 9.97 Å². The molecule has 0 fully saturated rings. The van der Waals surface area contributed by atoms with Gasteiger partial charge in [-0.05, 0) is 30.3 Å². The highest BCUT2D eigenvalue weighted by atomic mass is 79.9. The van der Waals surface area contributed by atoms with Gasteiger partial charge in [-0.25, -0.2) is 0 Å². The number of benzene rings is 1. The molecule has 0 unspecified atom stereocenters. The molecule has 3 aromatic rings. The van der Waals surface area contributed by atoms with E-state index >= 15 is 0 Å². The number of hydrogen-bond donors (Lipinski definition) is 0. The quantitative estimate of drug-likeness (QED) is 0.693. The van der Waals surface area contributed by atoms with Gasteiger partial charge in [0.1, 0.15) is 0 Å². The largest absolute Gasteiger partial charge is 0.436 e. The van der Waals surface area contributed by atoms with Gasteiger partial charge in [-0.1, -0.05) is 15.9 Å². The Kier molecular flexibility index (Phi) is 2.68. The minimum absolute atomic E-state index is 0.299. The van der Waals surface area contributed by atoms with Crippen molar-refractivity contribution in [3.8, 4) is 11.5 Å². The Labute approximate surface area is 110 Å². The summed E-state index contributed by atoms with van der Waals surface area (Å²) in [5.74, 6) is 0.299. The van der Waals surface area contributed by atoms with Crippen molar-refractivity contribution in [3.63, 3.8) is 0 Å². The molecule has 0 aliphatic rings. The first-order chi connectivity index (χ1) is 8.74. The van der Waals surface area contributed by atoms with Crippen molar-refractivity contribution < 1.29 is 4.42 Å². The molecular formula is C13H7BrN2O2. The van der Waals surface area contributed by atoms with Gasteiger partial charge in [-0.3, -0.25) is 9.78 Å². The molecule has 0 amide bonds. The van der Waals surface area contributed by atoms with Crippen LogP contribution >= 0.6 is 15.9 Å². The van der Waals surface area contributed by atoms with Crippen LogP contribution in [-0.2, 0) is 0 Å². The smallest absolute Gasteiger partial charge is 0.284 e. The molecular weight excluding hydrogens is 296 g/mol. The second-order valence-electron chi connectivity index (χ2n) is 3.70. The molecule has 0 aliphatic heterocycles. The standard InChI is InChI=1S/C13H7BrN2O2/c14-9-3-1-8(2-4-9)13-16-12(17)10-5-6-15-7-11(10)18-13/h1-7H. The van der Waals surface area contributed by atoms with Crippen molar-refractivity contribution in [1.29, 1.82) is 0 Å². The fourth-order valence-corrected chi connectivity index (χ4v) is 1.90. The van der Waals surface area contributed by atoms with E-state index < -0.39 is 0 Å². The highest BCUT2D eigenvalue weighted by molar-refractivity contribution is 9.10. The summed E-state index contributed by atoms with van der Waals surface area (Å²) >= 11 is 3.35. The summed E-state index contributed by atoms with van der Waals surface area (Å²) in [6.07, 6.45) is 3.06. The van der Waals surface area contributed by atoms with Crippen LogP contribution in [0.2, 0.25) is 0 Å². The van der Waals surface area contributed by atoms with Crippen molar-refractivity contribution >= 4 is 26.9 Å². The van der Waals surface area contributed by atoms with Crippen molar-refractivity contribution in [2.45, 2.75) is 0 Å². The zero-order valence-corrected chi connectivity index (χ0v) is 10.7. The summed E-state index contributed by atoms with van der Waals surface area (Å²) in [5.41, 5.74) is 0.882. The molecule has 3 rings (SSSR count). The van der Waals surface area contributed by atoms with Crippen LogP contribution in [0.25, 0.3) is 22.4 Å². The molecule has 4 nitrogen and oxygen atoms in total. The number of halogens is 1. The van der Waals surface area contributed by atoms with Gasteiger partial charge < -0.3 is 4.42 Å². The van der Waals surface area contributed by atoms with E-state index in [0.717, 1.165) is 10.0 Å². The van der Waals surface area contributed by atoms with Crippen molar-refractivity contribution in [3.05, 3.63) is 57.6 Å². The normalized spacial score (nSPS) is 10.7. The molecule has 5 heteroatoms. The summed E-state index contributed by atoms with van der Waals surface area (Å²) in [6, 6.07) is 8.99. The second-order valence-corrected chi connectivity index (χ2v) is 4.62. The van der Waals surface area contributed by atoms with Crippen LogP contribution in [-0.4, -0.2) is 9.97 Å². The molecule has 0 atom stereocenters. The van der Waals surface area contributed by atoms with Gasteiger partial charge in [0, 0.05) is 16.2 Å². The topological polar surface area (TPSA) is 56.0 Å². The van der Waals surface area contributed by atoms with Crippen LogP contribution in [0.5, 0.6) is 0 Å². The van der Waals surface area contributed by atoms with Crippen LogP contribution in [0.1, 0.15) is 0 Å². The van der Waals surface area contributed by atoms with E-state index in [1.807, 2.05) is 24.3 Å². The van der Waals surface area contributed by atoms with Crippen LogP contribution in [0, 0.1) is 0 Å². The van der Waals surface area contributed by atoms with Gasteiger partial charge in [-0.15, -0.1) is 0 Å². The van der Waals surface area contributed by atoms with E-state index in [1.165, 1.54) is 6.20 Å². The average molecular weight is 303 g/mol. The Hall–Kier alpha value is -2.01. The third kappa shape index (κ3) is 1.93. The molecule has 0 saturated heterocycles. The summed E-state index contributed by atoms with van der Waals surface area (Å²) in [6.45, 7) is 0. The molecule has 0 aliphatic carbocycles. The highest BCUT2D eigenvalue weighted by Crippen LogP contribution is 2.21. The van der Waals surface area contributed by atoms with E-state index in [-0.39, 0.29) is 5.56 Å². The molecule has 0 spiro atoms. The molecule has 2 aromatic heterocycles. The fraction of sp³-hybridized carbons (Fsp3) is 0. The van der Waals surface area contributed by atoms with Gasteiger partial charge >= 0.3 is 0 Å². The molecule has 0 radical (unpaired) electrons. The molecule has 0 N–H and O–H groups in total. The molecule has 0 saturated carbocycles. The molecule has 88 valence electrons. The predicted molar refractivity (Wildman–Crippen MR) is 71.2 cm³/mol. The zero-order valence-electron chi connectivity index (χ0n) is 9.13. The van der Waals surface area contributed by atoms with E-state index in [4.69, 9.17) is 4.42 Å². The third-order valence-corrected chi connectivity index (χ3v) is 3.04. The van der Waals surface area contributed by atoms with E-state index in [9.17, 15) is 4.79 Å². The molecule has 2 heterocycles. The summed E-state index contributed by atoms with van der Waals surface area (Å²) in [7, 11) is 0. The minimum atomic E-state index is -0.309. The maximum Gasteiger partial charge on any atom is 0.284 e. The first-order valence-electron chi connectivity index (χ1n) is 5.25. The summed E-state index contributed by atoms with van der Waals surface area (Å²) < 4.78 is 6.53. The van der Waals surface area contributed by atoms with Crippen molar-refractivity contribution in [2.24, 2.45) is 0 Å². The average Bonchev–Trinajstić information content (AvgIpc) is 2.39. The number of rotatable bonds is 1. The Morgan fingerprint density at radius 1 is 1.11 bits per heavy atom. The van der Waals surface area contributed by atoms with Gasteiger partial charge in [0.05, 0.1) is 11.6 Å². The lowest BCUT2D eigenvalue weighted by Crippen LogP contribution is -2.07. The lowest BCUT2D eigenvalue weighted by molar-refractivity contribution is 0.593. The van der Waals surface area contributed by atoms with Gasteiger partial charge in [0.15, 0.2) is 5.58 Å². The first-order valence-corrected chi connectivity index (χ1v) is 6.04. The SMILES string of the molecule is O=c1nc(-c2ccc(Br)cc2)oc2cnccc12. The number of aromatic nitrogens is 2. The fourth-order valence-electron chi connectivity index (χ4n) is 1.63. The zero-order chi connectivity index (χ0) is 12.5. The van der Waals surface area contributed by atoms with E-state index in [1.54, 1.807) is 12.3 Å². The maximum absolute atomic E-state index is 11.8. The maximum atomic E-state index is 11.8. The van der Waals surface area contributed by atoms with Crippen LogP contribution < -0.4 is 5.56 Å². The number of nitrogens with zero attached hydrogens (tertiary/aromatic N) is 2. The predicted octanol–water partition coefficient (Wildman–Crippen LogP) is 3.01. The Balaban J connectivity index is 2.24. The van der Waals surface area contributed by atoms with Crippen LogP contribution in [0.3, 0.4) is 0 Å². The lowest BCUT2D eigenvalue weighted by atomic mass is 10.2. The van der Waals surface area contributed by atoms with E-state index in [2.05, 4.69) is 25.9 Å². The Morgan fingerprint density at radius 3 is 2.67 bits per heavy atom. The van der Waals surface area contributed by atoms with Crippen LogP contribution in [0.4, 0.5) is 0 Å². The van der Waals surface area contributed by atoms with Crippen molar-refractivity contribution in [2.75, 3.05) is 0 Å². The minimum Gasteiger partial charge on any atom is -0.436 e. The molecule has 1 aromatic carbocycles. The molecule has 0 bridgehead atoms. The number of fused-ring (bicyclic) bond motifs is 1. The monoisotopic (exact) mass is 302 g/mol. The van der Waals surface area contributed by atoms with Gasteiger partial charge in [0.2, 0.25) is 5.89 Å². The highest BCUT2D eigenvalue weighted by Gasteiger charge is 2.07. The van der Waals surface area contributed by atoms with Crippen LogP contribution in [0.15, 0.2) is 56.4 Å². The Morgan fingerprint density at radius 2 is 1.89 bits per heavy atom. The lowest BCUT2D eigenvalue weighted by Gasteiger charge is -2.01. The first kappa shape index (κ1) is 11.1. The number of pyridine rings is 1. The summed E-state index contributed by atoms with van der Waals surface area (Å²) in [5, 5.41) is 0.436. The Bertz CT molecular complexity index is 766. The third-order valence-electron chi connectivity index (χ3n) is 2.52. The number of hydrogen-bond acceptors (Lipinski definition) is 4. The summed E-state index contributed by atoms with van der Waals surface area (Å²) in [4.78, 5) is 19.7. The van der Waals surface area contributed by atoms with Gasteiger partial charge in [0.25, 0.3) is 5.56 Å². The van der Waals surface area contributed by atoms with Gasteiger partial charge in [-0.2, -0.15) is 4.98 Å². The molecule has 18 heavy (non-hydrogen) atoms. The second kappa shape index (κ2) is 4.34. The van der Waals surface area contributed by atoms with E-state index in [0.29, 0.717) is 16.9 Å².